The zero-order valence-corrected chi connectivity index (χ0v) is 12.5. The Morgan fingerprint density at radius 2 is 2.05 bits per heavy atom. The first-order chi connectivity index (χ1) is 10.8. The second-order valence-electron chi connectivity index (χ2n) is 6.17. The van der Waals surface area contributed by atoms with Gasteiger partial charge in [-0.2, -0.15) is 0 Å². The summed E-state index contributed by atoms with van der Waals surface area (Å²) in [5.74, 6) is 0.139. The maximum atomic E-state index is 12.8. The van der Waals surface area contributed by atoms with Crippen molar-refractivity contribution in [3.05, 3.63) is 59.9 Å². The summed E-state index contributed by atoms with van der Waals surface area (Å²) in [5.41, 5.74) is 2.81. The van der Waals surface area contributed by atoms with Gasteiger partial charge in [0.1, 0.15) is 5.54 Å². The van der Waals surface area contributed by atoms with E-state index in [1.54, 1.807) is 0 Å². The van der Waals surface area contributed by atoms with Crippen molar-refractivity contribution in [1.29, 1.82) is 0 Å². The lowest BCUT2D eigenvalue weighted by molar-refractivity contribution is -0.127. The molecule has 0 bridgehead atoms. The van der Waals surface area contributed by atoms with Crippen molar-refractivity contribution < 1.29 is 4.79 Å². The second-order valence-corrected chi connectivity index (χ2v) is 6.17. The minimum absolute atomic E-state index is 0.139. The maximum Gasteiger partial charge on any atom is 0.245 e. The van der Waals surface area contributed by atoms with E-state index in [0.29, 0.717) is 0 Å². The van der Waals surface area contributed by atoms with Crippen LogP contribution in [0.15, 0.2) is 48.7 Å². The average Bonchev–Trinajstić information content (AvgIpc) is 2.93. The highest BCUT2D eigenvalue weighted by Crippen LogP contribution is 2.39. The van der Waals surface area contributed by atoms with Crippen molar-refractivity contribution in [3.63, 3.8) is 0 Å². The lowest BCUT2D eigenvalue weighted by atomic mass is 9.83. The van der Waals surface area contributed by atoms with Gasteiger partial charge in [0.15, 0.2) is 0 Å². The van der Waals surface area contributed by atoms with E-state index in [2.05, 4.69) is 21.3 Å². The smallest absolute Gasteiger partial charge is 0.245 e. The summed E-state index contributed by atoms with van der Waals surface area (Å²) in [4.78, 5) is 19.5. The molecule has 2 aromatic rings. The van der Waals surface area contributed by atoms with Crippen LogP contribution in [0.3, 0.4) is 0 Å². The fourth-order valence-corrected chi connectivity index (χ4v) is 3.74. The molecule has 1 atom stereocenters. The van der Waals surface area contributed by atoms with Crippen LogP contribution < -0.4 is 5.32 Å². The van der Waals surface area contributed by atoms with Gasteiger partial charge in [-0.1, -0.05) is 24.3 Å². The number of rotatable bonds is 2. The van der Waals surface area contributed by atoms with Gasteiger partial charge in [-0.3, -0.25) is 14.7 Å². The van der Waals surface area contributed by atoms with E-state index in [9.17, 15) is 4.79 Å². The predicted molar refractivity (Wildman–Crippen MR) is 85.4 cm³/mol. The van der Waals surface area contributed by atoms with Gasteiger partial charge in [0, 0.05) is 24.8 Å². The Bertz CT molecular complexity index is 700. The molecule has 3 heterocycles. The SMILES string of the molecule is O=C1Nc2ccccc2CC12CCCN2Cc1ccccn1. The quantitative estimate of drug-likeness (QED) is 0.925. The van der Waals surface area contributed by atoms with Gasteiger partial charge < -0.3 is 5.32 Å². The highest BCUT2D eigenvalue weighted by Gasteiger charge is 2.49. The lowest BCUT2D eigenvalue weighted by Crippen LogP contribution is -2.56. The fourth-order valence-electron chi connectivity index (χ4n) is 3.74. The van der Waals surface area contributed by atoms with Gasteiger partial charge in [0.2, 0.25) is 5.91 Å². The van der Waals surface area contributed by atoms with Gasteiger partial charge >= 0.3 is 0 Å². The number of aromatic nitrogens is 1. The van der Waals surface area contributed by atoms with Crippen molar-refractivity contribution in [2.24, 2.45) is 0 Å². The number of likely N-dealkylation sites (tertiary alicyclic amines) is 1. The van der Waals surface area contributed by atoms with Crippen LogP contribution in [-0.2, 0) is 17.8 Å². The molecule has 1 N–H and O–H groups in total. The molecule has 4 heteroatoms. The molecular weight excluding hydrogens is 274 g/mol. The average molecular weight is 293 g/mol. The molecule has 22 heavy (non-hydrogen) atoms. The summed E-state index contributed by atoms with van der Waals surface area (Å²) in [7, 11) is 0. The van der Waals surface area contributed by atoms with E-state index in [4.69, 9.17) is 0 Å². The van der Waals surface area contributed by atoms with E-state index < -0.39 is 5.54 Å². The third kappa shape index (κ3) is 2.11. The van der Waals surface area contributed by atoms with Crippen LogP contribution in [0.1, 0.15) is 24.1 Å². The van der Waals surface area contributed by atoms with Crippen molar-refractivity contribution in [1.82, 2.24) is 9.88 Å². The van der Waals surface area contributed by atoms with Crippen LogP contribution in [0.4, 0.5) is 5.69 Å². The first-order valence-electron chi connectivity index (χ1n) is 7.82. The van der Waals surface area contributed by atoms with Crippen LogP contribution >= 0.6 is 0 Å². The van der Waals surface area contributed by atoms with Gasteiger partial charge in [-0.25, -0.2) is 0 Å². The third-order valence-corrected chi connectivity index (χ3v) is 4.87. The fraction of sp³-hybridized carbons (Fsp3) is 0.333. The van der Waals surface area contributed by atoms with E-state index in [1.165, 1.54) is 5.56 Å². The number of anilines is 1. The van der Waals surface area contributed by atoms with Crippen molar-refractivity contribution in [2.75, 3.05) is 11.9 Å². The first-order valence-corrected chi connectivity index (χ1v) is 7.82. The third-order valence-electron chi connectivity index (χ3n) is 4.87. The van der Waals surface area contributed by atoms with Crippen LogP contribution in [0, 0.1) is 0 Å². The maximum absolute atomic E-state index is 12.8. The number of carbonyl (C=O) groups excluding carboxylic acids is 1. The number of benzene rings is 1. The summed E-state index contributed by atoms with van der Waals surface area (Å²) >= 11 is 0. The molecule has 1 aromatic heterocycles. The lowest BCUT2D eigenvalue weighted by Gasteiger charge is -2.40. The van der Waals surface area contributed by atoms with Crippen molar-refractivity contribution in [3.8, 4) is 0 Å². The number of carbonyl (C=O) groups is 1. The number of para-hydroxylation sites is 1. The van der Waals surface area contributed by atoms with Crippen LogP contribution in [0.25, 0.3) is 0 Å². The molecule has 2 aliphatic heterocycles. The van der Waals surface area contributed by atoms with Crippen LogP contribution in [-0.4, -0.2) is 27.9 Å². The number of pyridine rings is 1. The highest BCUT2D eigenvalue weighted by atomic mass is 16.2. The normalized spacial score (nSPS) is 24.3. The summed E-state index contributed by atoms with van der Waals surface area (Å²) < 4.78 is 0. The Morgan fingerprint density at radius 1 is 1.18 bits per heavy atom. The van der Waals surface area contributed by atoms with E-state index >= 15 is 0 Å². The number of amides is 1. The van der Waals surface area contributed by atoms with Crippen molar-refractivity contribution >= 4 is 11.6 Å². The zero-order chi connectivity index (χ0) is 15.0. The molecule has 112 valence electrons. The molecule has 2 aliphatic rings. The molecule has 1 saturated heterocycles. The molecule has 1 spiro atoms. The Balaban J connectivity index is 1.66. The molecule has 1 aromatic carbocycles. The van der Waals surface area contributed by atoms with Crippen molar-refractivity contribution in [2.45, 2.75) is 31.3 Å². The highest BCUT2D eigenvalue weighted by molar-refractivity contribution is 6.01. The monoisotopic (exact) mass is 293 g/mol. The summed E-state index contributed by atoms with van der Waals surface area (Å²) in [6.45, 7) is 1.68. The van der Waals surface area contributed by atoms with E-state index in [0.717, 1.165) is 43.7 Å². The number of fused-ring (bicyclic) bond motifs is 1. The molecule has 4 rings (SSSR count). The Kier molecular flexibility index (Phi) is 3.19. The van der Waals surface area contributed by atoms with E-state index in [-0.39, 0.29) is 5.91 Å². The van der Waals surface area contributed by atoms with E-state index in [1.807, 2.05) is 42.6 Å². The van der Waals surface area contributed by atoms with Crippen LogP contribution in [0.2, 0.25) is 0 Å². The van der Waals surface area contributed by atoms with Gasteiger partial charge in [0.05, 0.1) is 5.69 Å². The molecular formula is C18H19N3O. The molecule has 0 aliphatic carbocycles. The summed E-state index contributed by atoms with van der Waals surface area (Å²) in [6.07, 6.45) is 4.58. The largest absolute Gasteiger partial charge is 0.324 e. The standard InChI is InChI=1S/C18H19N3O/c22-17-18(12-14-6-1-2-8-16(14)20-17)9-5-11-21(18)13-15-7-3-4-10-19-15/h1-4,6-8,10H,5,9,11-13H2,(H,20,22). The van der Waals surface area contributed by atoms with Crippen LogP contribution in [0.5, 0.6) is 0 Å². The minimum Gasteiger partial charge on any atom is -0.324 e. The Morgan fingerprint density at radius 3 is 2.91 bits per heavy atom. The zero-order valence-electron chi connectivity index (χ0n) is 12.5. The number of hydrogen-bond acceptors (Lipinski definition) is 3. The first kappa shape index (κ1) is 13.5. The number of nitrogens with zero attached hydrogens (tertiary/aromatic N) is 2. The molecule has 0 saturated carbocycles. The topological polar surface area (TPSA) is 45.2 Å². The molecule has 1 amide bonds. The molecule has 1 fully saturated rings. The number of nitrogens with one attached hydrogen (secondary N) is 1. The molecule has 1 unspecified atom stereocenters. The Hall–Kier alpha value is -2.20. The van der Waals surface area contributed by atoms with Gasteiger partial charge in [0.25, 0.3) is 0 Å². The Labute approximate surface area is 130 Å². The van der Waals surface area contributed by atoms with Gasteiger partial charge in [-0.15, -0.1) is 0 Å². The van der Waals surface area contributed by atoms with Gasteiger partial charge in [-0.05, 0) is 43.1 Å². The summed E-state index contributed by atoms with van der Waals surface area (Å²) in [5, 5.41) is 3.11. The summed E-state index contributed by atoms with van der Waals surface area (Å²) in [6, 6.07) is 14.1. The predicted octanol–water partition coefficient (Wildman–Crippen LogP) is 2.61. The second kappa shape index (κ2) is 5.21. The minimum atomic E-state index is -0.411. The number of hydrogen-bond donors (Lipinski definition) is 1. The molecule has 4 nitrogen and oxygen atoms in total. The molecule has 0 radical (unpaired) electrons.